The van der Waals surface area contributed by atoms with Crippen LogP contribution in [0, 0.1) is 13.8 Å². The molecule has 1 atom stereocenters. The number of aryl methyl sites for hydroxylation is 1. The van der Waals surface area contributed by atoms with Crippen molar-refractivity contribution in [1.82, 2.24) is 24.9 Å². The van der Waals surface area contributed by atoms with Crippen molar-refractivity contribution in [3.8, 4) is 17.4 Å². The van der Waals surface area contributed by atoms with Crippen LogP contribution >= 0.6 is 0 Å². The maximum absolute atomic E-state index is 12.0. The first-order valence-corrected chi connectivity index (χ1v) is 9.01. The number of benzene rings is 1. The van der Waals surface area contributed by atoms with Crippen molar-refractivity contribution in [3.63, 3.8) is 0 Å². The Kier molecular flexibility index (Phi) is 4.62. The molecule has 3 aromatic rings. The molecule has 2 aromatic heterocycles. The molecule has 1 amide bonds. The average Bonchev–Trinajstić information content (AvgIpc) is 3.03. The first-order chi connectivity index (χ1) is 13.1. The molecule has 0 bridgehead atoms. The molecule has 0 spiro atoms. The summed E-state index contributed by atoms with van der Waals surface area (Å²) in [5, 5.41) is 7.05. The fourth-order valence-electron chi connectivity index (χ4n) is 3.01. The normalized spacial score (nSPS) is 17.4. The highest BCUT2D eigenvalue weighted by Gasteiger charge is 2.22. The second-order valence-electron chi connectivity index (χ2n) is 6.57. The van der Waals surface area contributed by atoms with Gasteiger partial charge in [0.05, 0.1) is 0 Å². The van der Waals surface area contributed by atoms with Gasteiger partial charge in [0, 0.05) is 17.8 Å². The second kappa shape index (κ2) is 7.22. The van der Waals surface area contributed by atoms with Crippen LogP contribution in [0.3, 0.4) is 0 Å². The summed E-state index contributed by atoms with van der Waals surface area (Å²) >= 11 is 0. The number of rotatable bonds is 4. The van der Waals surface area contributed by atoms with Crippen molar-refractivity contribution in [2.24, 2.45) is 0 Å². The molecule has 140 valence electrons. The van der Waals surface area contributed by atoms with E-state index in [9.17, 15) is 4.79 Å². The molecule has 1 saturated heterocycles. The molecule has 27 heavy (non-hydrogen) atoms. The number of hydrogen-bond acceptors (Lipinski definition) is 6. The molecule has 1 fully saturated rings. The largest absolute Gasteiger partial charge is 0.481 e. The molecular formula is C19H21N5O3. The molecule has 1 unspecified atom stereocenters. The molecule has 0 radical (unpaired) electrons. The van der Waals surface area contributed by atoms with Gasteiger partial charge in [-0.25, -0.2) is 4.98 Å². The number of nitrogens with zero attached hydrogens (tertiary/aromatic N) is 4. The molecule has 1 aromatic carbocycles. The molecule has 1 N–H and O–H groups in total. The highest BCUT2D eigenvalue weighted by molar-refractivity contribution is 5.81. The lowest BCUT2D eigenvalue weighted by Crippen LogP contribution is -2.36. The first kappa shape index (κ1) is 17.3. The zero-order valence-corrected chi connectivity index (χ0v) is 15.3. The monoisotopic (exact) mass is 367 g/mol. The Hall–Kier alpha value is -3.16. The fourth-order valence-corrected chi connectivity index (χ4v) is 3.01. The Morgan fingerprint density at radius 1 is 1.15 bits per heavy atom. The molecular weight excluding hydrogens is 346 g/mol. The Morgan fingerprint density at radius 3 is 2.74 bits per heavy atom. The maximum atomic E-state index is 12.0. The fraction of sp³-hybridized carbons (Fsp3) is 0.368. The lowest BCUT2D eigenvalue weighted by atomic mass is 10.2. The number of fused-ring (bicyclic) bond motifs is 1. The van der Waals surface area contributed by atoms with Crippen LogP contribution in [0.4, 0.5) is 0 Å². The summed E-state index contributed by atoms with van der Waals surface area (Å²) in [5.41, 5.74) is 1.73. The number of carbonyl (C=O) groups excluding carboxylic acids is 1. The minimum atomic E-state index is -0.445. The van der Waals surface area contributed by atoms with Crippen LogP contribution in [-0.2, 0) is 4.79 Å². The summed E-state index contributed by atoms with van der Waals surface area (Å²) < 4.78 is 13.5. The molecule has 8 heteroatoms. The van der Waals surface area contributed by atoms with E-state index in [1.807, 2.05) is 26.0 Å². The lowest BCUT2D eigenvalue weighted by molar-refractivity contribution is -0.127. The number of hydrogen-bond donors (Lipinski definition) is 1. The van der Waals surface area contributed by atoms with E-state index in [0.717, 1.165) is 30.5 Å². The molecule has 1 aliphatic rings. The van der Waals surface area contributed by atoms with Gasteiger partial charge in [-0.05, 0) is 57.4 Å². The molecule has 0 aliphatic carbocycles. The number of ether oxygens (including phenoxy) is 2. The van der Waals surface area contributed by atoms with Gasteiger partial charge in [0.2, 0.25) is 5.88 Å². The van der Waals surface area contributed by atoms with Gasteiger partial charge in [-0.2, -0.15) is 14.6 Å². The standard InChI is InChI=1S/C19H21N5O3/c1-12-13(2)23-19-21-11-22-24(19)18(12)27-15-8-6-14(7-9-15)26-16-5-3-4-10-20-17(16)25/h6-9,11,16H,3-5,10H2,1-2H3,(H,20,25). The minimum absolute atomic E-state index is 0.0516. The topological polar surface area (TPSA) is 90.6 Å². The van der Waals surface area contributed by atoms with Crippen LogP contribution in [0.25, 0.3) is 5.78 Å². The van der Waals surface area contributed by atoms with Crippen LogP contribution in [0.15, 0.2) is 30.6 Å². The zero-order chi connectivity index (χ0) is 18.8. The van der Waals surface area contributed by atoms with Crippen molar-refractivity contribution in [3.05, 3.63) is 41.9 Å². The van der Waals surface area contributed by atoms with Gasteiger partial charge in [-0.1, -0.05) is 0 Å². The molecule has 0 saturated carbocycles. The summed E-state index contributed by atoms with van der Waals surface area (Å²) in [7, 11) is 0. The zero-order valence-electron chi connectivity index (χ0n) is 15.3. The number of nitrogens with one attached hydrogen (secondary N) is 1. The minimum Gasteiger partial charge on any atom is -0.481 e. The highest BCUT2D eigenvalue weighted by Crippen LogP contribution is 2.28. The maximum Gasteiger partial charge on any atom is 0.261 e. The Bertz CT molecular complexity index is 967. The van der Waals surface area contributed by atoms with E-state index in [4.69, 9.17) is 9.47 Å². The van der Waals surface area contributed by atoms with E-state index >= 15 is 0 Å². The summed E-state index contributed by atoms with van der Waals surface area (Å²) in [6.07, 6.45) is 3.69. The smallest absolute Gasteiger partial charge is 0.261 e. The van der Waals surface area contributed by atoms with Crippen molar-refractivity contribution >= 4 is 11.7 Å². The van der Waals surface area contributed by atoms with Crippen molar-refractivity contribution in [2.75, 3.05) is 6.54 Å². The summed E-state index contributed by atoms with van der Waals surface area (Å²) in [6, 6.07) is 7.22. The van der Waals surface area contributed by atoms with Gasteiger partial charge in [0.15, 0.2) is 6.10 Å². The Morgan fingerprint density at radius 2 is 1.93 bits per heavy atom. The highest BCUT2D eigenvalue weighted by atomic mass is 16.5. The lowest BCUT2D eigenvalue weighted by Gasteiger charge is -2.16. The van der Waals surface area contributed by atoms with E-state index in [-0.39, 0.29) is 5.91 Å². The summed E-state index contributed by atoms with van der Waals surface area (Å²) in [6.45, 7) is 4.56. The second-order valence-corrected chi connectivity index (χ2v) is 6.57. The third kappa shape index (κ3) is 3.55. The molecule has 1 aliphatic heterocycles. The number of carbonyl (C=O) groups is 1. The van der Waals surface area contributed by atoms with Crippen molar-refractivity contribution in [1.29, 1.82) is 0 Å². The molecule has 8 nitrogen and oxygen atoms in total. The van der Waals surface area contributed by atoms with E-state index < -0.39 is 6.10 Å². The Balaban J connectivity index is 1.52. The van der Waals surface area contributed by atoms with Gasteiger partial charge in [-0.15, -0.1) is 0 Å². The van der Waals surface area contributed by atoms with Gasteiger partial charge < -0.3 is 14.8 Å². The predicted octanol–water partition coefficient (Wildman–Crippen LogP) is 2.58. The Labute approximate surface area is 156 Å². The number of amides is 1. The van der Waals surface area contributed by atoms with E-state index in [1.165, 1.54) is 6.33 Å². The van der Waals surface area contributed by atoms with E-state index in [0.29, 0.717) is 29.7 Å². The predicted molar refractivity (Wildman–Crippen MR) is 98.0 cm³/mol. The van der Waals surface area contributed by atoms with Crippen molar-refractivity contribution in [2.45, 2.75) is 39.2 Å². The third-order valence-corrected chi connectivity index (χ3v) is 4.65. The van der Waals surface area contributed by atoms with Crippen LogP contribution in [-0.4, -0.2) is 38.1 Å². The SMILES string of the molecule is Cc1nc2ncnn2c(Oc2ccc(OC3CCCCNC3=O)cc2)c1C. The summed E-state index contributed by atoms with van der Waals surface area (Å²) in [4.78, 5) is 20.5. The van der Waals surface area contributed by atoms with Crippen LogP contribution in [0.2, 0.25) is 0 Å². The van der Waals surface area contributed by atoms with Crippen molar-refractivity contribution < 1.29 is 14.3 Å². The first-order valence-electron chi connectivity index (χ1n) is 9.01. The molecule has 3 heterocycles. The van der Waals surface area contributed by atoms with E-state index in [1.54, 1.807) is 16.6 Å². The quantitative estimate of drug-likeness (QED) is 0.762. The number of aromatic nitrogens is 4. The van der Waals surface area contributed by atoms with E-state index in [2.05, 4.69) is 20.4 Å². The van der Waals surface area contributed by atoms with Gasteiger partial charge >= 0.3 is 0 Å². The van der Waals surface area contributed by atoms with Gasteiger partial charge in [-0.3, -0.25) is 4.79 Å². The summed E-state index contributed by atoms with van der Waals surface area (Å²) in [5.74, 6) is 2.29. The van der Waals surface area contributed by atoms with Crippen LogP contribution in [0.1, 0.15) is 30.5 Å². The van der Waals surface area contributed by atoms with Crippen LogP contribution in [0.5, 0.6) is 17.4 Å². The average molecular weight is 367 g/mol. The van der Waals surface area contributed by atoms with Gasteiger partial charge in [0.1, 0.15) is 17.8 Å². The van der Waals surface area contributed by atoms with Gasteiger partial charge in [0.25, 0.3) is 11.7 Å². The molecule has 4 rings (SSSR count). The third-order valence-electron chi connectivity index (χ3n) is 4.65. The van der Waals surface area contributed by atoms with Crippen LogP contribution < -0.4 is 14.8 Å².